The maximum Gasteiger partial charge on any atom is 0.160 e. The number of nitrogens with zero attached hydrogens (tertiary/aromatic N) is 3. The summed E-state index contributed by atoms with van der Waals surface area (Å²) in [4.78, 5) is 10.7. The number of nitrogens with one attached hydrogen (secondary N) is 1. The summed E-state index contributed by atoms with van der Waals surface area (Å²) in [5, 5.41) is 10.3. The highest BCUT2D eigenvalue weighted by molar-refractivity contribution is 6.24. The monoisotopic (exact) mass is 848 g/mol. The number of furan rings is 2. The number of para-hydroxylation sites is 3. The minimum atomic E-state index is -0.375. The number of benzene rings is 9. The van der Waals surface area contributed by atoms with Gasteiger partial charge in [-0.2, -0.15) is 0 Å². The largest absolute Gasteiger partial charge is 0.456 e. The first-order valence-electron chi connectivity index (χ1n) is 22.6. The van der Waals surface area contributed by atoms with Gasteiger partial charge in [-0.15, -0.1) is 0 Å². The first-order chi connectivity index (χ1) is 32.5. The van der Waals surface area contributed by atoms with Crippen molar-refractivity contribution in [3.05, 3.63) is 222 Å². The summed E-state index contributed by atoms with van der Waals surface area (Å²) in [7, 11) is 0. The number of amidine groups is 2. The van der Waals surface area contributed by atoms with Crippen molar-refractivity contribution in [2.75, 3.05) is 0 Å². The second-order valence-electron chi connectivity index (χ2n) is 18.0. The van der Waals surface area contributed by atoms with Crippen LogP contribution in [0, 0.1) is 0 Å². The molecule has 0 radical (unpaired) electrons. The molecule has 9 aromatic carbocycles. The summed E-state index contributed by atoms with van der Waals surface area (Å²) in [6, 6.07) is 68.5. The smallest absolute Gasteiger partial charge is 0.160 e. The van der Waals surface area contributed by atoms with Crippen molar-refractivity contribution in [1.29, 1.82) is 0 Å². The van der Waals surface area contributed by atoms with Gasteiger partial charge in [-0.1, -0.05) is 166 Å². The van der Waals surface area contributed by atoms with E-state index in [9.17, 15) is 0 Å². The number of aromatic nitrogens is 1. The molecule has 66 heavy (non-hydrogen) atoms. The van der Waals surface area contributed by atoms with E-state index >= 15 is 0 Å². The molecule has 2 aliphatic rings. The van der Waals surface area contributed by atoms with Crippen LogP contribution in [0.4, 0.5) is 0 Å². The van der Waals surface area contributed by atoms with E-state index in [-0.39, 0.29) is 11.6 Å². The Morgan fingerprint density at radius 2 is 1.18 bits per heavy atom. The predicted molar refractivity (Wildman–Crippen MR) is 270 cm³/mol. The molecule has 12 aromatic rings. The molecular formula is C60H40N4O2. The highest BCUT2D eigenvalue weighted by Crippen LogP contribution is 2.54. The average Bonchev–Trinajstić information content (AvgIpc) is 4.11. The molecule has 1 atom stereocenters. The molecule has 0 saturated heterocycles. The lowest BCUT2D eigenvalue weighted by Crippen LogP contribution is -2.33. The Balaban J connectivity index is 1.07. The van der Waals surface area contributed by atoms with E-state index in [1.807, 2.05) is 42.5 Å². The number of hydrogen-bond acceptors (Lipinski definition) is 5. The van der Waals surface area contributed by atoms with Gasteiger partial charge >= 0.3 is 0 Å². The summed E-state index contributed by atoms with van der Waals surface area (Å²) < 4.78 is 16.4. The zero-order valence-corrected chi connectivity index (χ0v) is 36.2. The molecule has 6 heteroatoms. The van der Waals surface area contributed by atoms with Crippen LogP contribution in [0.15, 0.2) is 213 Å². The second kappa shape index (κ2) is 13.8. The molecular weight excluding hydrogens is 809 g/mol. The zero-order valence-electron chi connectivity index (χ0n) is 36.2. The SMILES string of the molecule is CC1(C)c2ccccc2-c2ccc3c(c21)c1ccccc1n3-c1cccc2c1oc1c(-c3cccc4oc5ccccc5c34)c(C3=NC(c4ccccc4)NC(c4ccccc4)=N3)ccc12. The molecule has 0 saturated carbocycles. The molecule has 1 aliphatic carbocycles. The average molecular weight is 849 g/mol. The van der Waals surface area contributed by atoms with Gasteiger partial charge in [-0.3, -0.25) is 0 Å². The molecule has 14 rings (SSSR count). The fourth-order valence-electron chi connectivity index (χ4n) is 11.2. The highest BCUT2D eigenvalue weighted by atomic mass is 16.3. The molecule has 1 aliphatic heterocycles. The van der Waals surface area contributed by atoms with Crippen molar-refractivity contribution in [2.24, 2.45) is 9.98 Å². The lowest BCUT2D eigenvalue weighted by Gasteiger charge is -2.24. The minimum absolute atomic E-state index is 0.185. The molecule has 0 bridgehead atoms. The summed E-state index contributed by atoms with van der Waals surface area (Å²) in [6.07, 6.45) is -0.375. The Hall–Kier alpha value is -8.48. The van der Waals surface area contributed by atoms with Gasteiger partial charge in [0.15, 0.2) is 11.4 Å². The Morgan fingerprint density at radius 3 is 2.06 bits per heavy atom. The molecule has 6 nitrogen and oxygen atoms in total. The van der Waals surface area contributed by atoms with Gasteiger partial charge in [0.05, 0.1) is 16.7 Å². The first-order valence-corrected chi connectivity index (χ1v) is 22.6. The van der Waals surface area contributed by atoms with Crippen LogP contribution in [0.5, 0.6) is 0 Å². The zero-order chi connectivity index (χ0) is 43.7. The van der Waals surface area contributed by atoms with Gasteiger partial charge in [0.1, 0.15) is 28.8 Å². The Morgan fingerprint density at radius 1 is 0.500 bits per heavy atom. The Labute approximate surface area is 379 Å². The molecule has 0 fully saturated rings. The number of rotatable bonds is 5. The fraction of sp³-hybridized carbons (Fsp3) is 0.0667. The topological polar surface area (TPSA) is 68.0 Å². The van der Waals surface area contributed by atoms with Gasteiger partial charge in [-0.05, 0) is 75.8 Å². The van der Waals surface area contributed by atoms with E-state index in [0.29, 0.717) is 5.84 Å². The van der Waals surface area contributed by atoms with E-state index in [2.05, 4.69) is 175 Å². The Bertz CT molecular complexity index is 4050. The molecule has 1 unspecified atom stereocenters. The van der Waals surface area contributed by atoms with Crippen LogP contribution in [0.2, 0.25) is 0 Å². The predicted octanol–water partition coefficient (Wildman–Crippen LogP) is 15.1. The highest BCUT2D eigenvalue weighted by Gasteiger charge is 2.38. The van der Waals surface area contributed by atoms with Crippen LogP contribution < -0.4 is 5.32 Å². The van der Waals surface area contributed by atoms with Gasteiger partial charge in [-0.25, -0.2) is 9.98 Å². The lowest BCUT2D eigenvalue weighted by molar-refractivity contribution is 0.665. The van der Waals surface area contributed by atoms with Gasteiger partial charge in [0, 0.05) is 54.4 Å². The van der Waals surface area contributed by atoms with Crippen molar-refractivity contribution < 1.29 is 8.83 Å². The third-order valence-corrected chi connectivity index (χ3v) is 14.1. The van der Waals surface area contributed by atoms with Crippen molar-refractivity contribution >= 4 is 77.4 Å². The van der Waals surface area contributed by atoms with Crippen molar-refractivity contribution in [3.8, 4) is 27.9 Å². The summed E-state index contributed by atoms with van der Waals surface area (Å²) >= 11 is 0. The summed E-state index contributed by atoms with van der Waals surface area (Å²) in [5.41, 5.74) is 16.4. The maximum absolute atomic E-state index is 7.50. The first kappa shape index (κ1) is 36.9. The number of hydrogen-bond donors (Lipinski definition) is 1. The van der Waals surface area contributed by atoms with E-state index in [1.165, 1.54) is 33.0 Å². The number of fused-ring (bicyclic) bond motifs is 13. The Kier molecular flexibility index (Phi) is 7.70. The molecule has 312 valence electrons. The maximum atomic E-state index is 7.50. The number of aliphatic imine (C=N–C) groups is 2. The minimum Gasteiger partial charge on any atom is -0.456 e. The van der Waals surface area contributed by atoms with E-state index < -0.39 is 0 Å². The van der Waals surface area contributed by atoms with Crippen LogP contribution in [0.1, 0.15) is 47.8 Å². The molecule has 3 aromatic heterocycles. The molecule has 1 N–H and O–H groups in total. The van der Waals surface area contributed by atoms with E-state index in [1.54, 1.807) is 0 Å². The standard InChI is InChI=1S/C60H40N4O2/c1-60(2)45-26-12-9-21-37(45)38-33-34-47-53(54(38)60)41-22-10-13-27-46(41)64(47)48-28-15-24-39-40-31-32-44(59-62-57(35-17-5-3-6-18-35)61-58(63-59)36-19-7-4-8-20-36)52(56(40)66-55(39)48)43-25-16-30-50-51(43)42-23-11-14-29-49(42)65-50/h3-34,57H,1-2H3,(H,61,62,63). The fourth-order valence-corrected chi connectivity index (χ4v) is 11.2. The second-order valence-corrected chi connectivity index (χ2v) is 18.0. The van der Waals surface area contributed by atoms with Crippen LogP contribution in [-0.4, -0.2) is 16.2 Å². The third kappa shape index (κ3) is 5.18. The summed E-state index contributed by atoms with van der Waals surface area (Å²) in [5.74, 6) is 1.37. The molecule has 0 amide bonds. The summed E-state index contributed by atoms with van der Waals surface area (Å²) in [6.45, 7) is 4.74. The normalized spacial score (nSPS) is 15.4. The van der Waals surface area contributed by atoms with Crippen molar-refractivity contribution in [3.63, 3.8) is 0 Å². The third-order valence-electron chi connectivity index (χ3n) is 14.1. The van der Waals surface area contributed by atoms with Gasteiger partial charge in [0.25, 0.3) is 0 Å². The van der Waals surface area contributed by atoms with E-state index in [0.717, 1.165) is 94.3 Å². The van der Waals surface area contributed by atoms with Gasteiger partial charge in [0.2, 0.25) is 0 Å². The van der Waals surface area contributed by atoms with Crippen molar-refractivity contribution in [2.45, 2.75) is 25.4 Å². The molecule has 0 spiro atoms. The van der Waals surface area contributed by atoms with Crippen LogP contribution in [0.25, 0.3) is 93.6 Å². The van der Waals surface area contributed by atoms with Crippen LogP contribution >= 0.6 is 0 Å². The van der Waals surface area contributed by atoms with Crippen molar-refractivity contribution in [1.82, 2.24) is 9.88 Å². The molecule has 4 heterocycles. The lowest BCUT2D eigenvalue weighted by atomic mass is 9.80. The van der Waals surface area contributed by atoms with E-state index in [4.69, 9.17) is 18.8 Å². The quantitative estimate of drug-likeness (QED) is 0.188. The van der Waals surface area contributed by atoms with Gasteiger partial charge < -0.3 is 18.7 Å². The van der Waals surface area contributed by atoms with Crippen LogP contribution in [-0.2, 0) is 5.41 Å². The van der Waals surface area contributed by atoms with Crippen LogP contribution in [0.3, 0.4) is 0 Å².